The number of rotatable bonds is 4. The number of carbonyl (C=O) groups is 1. The molecular weight excluding hydrogens is 333 g/mol. The molecule has 136 valence electrons. The van der Waals surface area contributed by atoms with Crippen LogP contribution in [0.2, 0.25) is 0 Å². The van der Waals surface area contributed by atoms with Crippen molar-refractivity contribution in [2.75, 3.05) is 0 Å². The van der Waals surface area contributed by atoms with Crippen LogP contribution in [0.3, 0.4) is 0 Å². The summed E-state index contributed by atoms with van der Waals surface area (Å²) in [5, 5.41) is 3.07. The molecule has 0 atom stereocenters. The SMILES string of the molecule is O=C(CCn1c(=O)c2cccn2c2ccc(F)cc21)NC1CCCCC1. The van der Waals surface area contributed by atoms with Gasteiger partial charge in [0.2, 0.25) is 5.91 Å². The van der Waals surface area contributed by atoms with Crippen molar-refractivity contribution in [1.82, 2.24) is 14.3 Å². The summed E-state index contributed by atoms with van der Waals surface area (Å²) in [6.07, 6.45) is 7.58. The van der Waals surface area contributed by atoms with Gasteiger partial charge in [-0.1, -0.05) is 19.3 Å². The third kappa shape index (κ3) is 3.11. The summed E-state index contributed by atoms with van der Waals surface area (Å²) in [5.74, 6) is -0.451. The largest absolute Gasteiger partial charge is 0.353 e. The molecule has 1 aliphatic carbocycles. The number of nitrogens with one attached hydrogen (secondary N) is 1. The van der Waals surface area contributed by atoms with E-state index in [2.05, 4.69) is 5.32 Å². The molecular formula is C20H22FN3O2. The van der Waals surface area contributed by atoms with E-state index in [9.17, 15) is 14.0 Å². The minimum Gasteiger partial charge on any atom is -0.353 e. The molecule has 1 N–H and O–H groups in total. The molecule has 1 amide bonds. The van der Waals surface area contributed by atoms with E-state index >= 15 is 0 Å². The molecule has 26 heavy (non-hydrogen) atoms. The molecule has 0 aliphatic heterocycles. The number of hydrogen-bond acceptors (Lipinski definition) is 2. The van der Waals surface area contributed by atoms with Crippen molar-refractivity contribution in [3.63, 3.8) is 0 Å². The topological polar surface area (TPSA) is 55.5 Å². The Balaban J connectivity index is 1.62. The Kier molecular flexibility index (Phi) is 4.49. The van der Waals surface area contributed by atoms with Gasteiger partial charge >= 0.3 is 0 Å². The van der Waals surface area contributed by atoms with Gasteiger partial charge < -0.3 is 14.3 Å². The Hall–Kier alpha value is -2.63. The van der Waals surface area contributed by atoms with E-state index < -0.39 is 5.82 Å². The minimum absolute atomic E-state index is 0.0522. The van der Waals surface area contributed by atoms with Crippen LogP contribution in [0.1, 0.15) is 38.5 Å². The van der Waals surface area contributed by atoms with Crippen molar-refractivity contribution in [3.8, 4) is 0 Å². The first kappa shape index (κ1) is 16.8. The van der Waals surface area contributed by atoms with Crippen molar-refractivity contribution >= 4 is 22.5 Å². The third-order valence-electron chi connectivity index (χ3n) is 5.23. The van der Waals surface area contributed by atoms with Gasteiger partial charge in [-0.05, 0) is 43.2 Å². The number of aryl methyl sites for hydroxylation is 1. The van der Waals surface area contributed by atoms with E-state index in [4.69, 9.17) is 0 Å². The van der Waals surface area contributed by atoms with E-state index in [1.807, 2.05) is 0 Å². The van der Waals surface area contributed by atoms with Crippen LogP contribution in [-0.4, -0.2) is 20.9 Å². The molecule has 3 aromatic rings. The van der Waals surface area contributed by atoms with Crippen LogP contribution in [0, 0.1) is 5.82 Å². The Morgan fingerprint density at radius 1 is 1.12 bits per heavy atom. The van der Waals surface area contributed by atoms with Gasteiger partial charge in [-0.25, -0.2) is 4.39 Å². The average molecular weight is 355 g/mol. The van der Waals surface area contributed by atoms with Crippen LogP contribution >= 0.6 is 0 Å². The monoisotopic (exact) mass is 355 g/mol. The number of nitrogens with zero attached hydrogens (tertiary/aromatic N) is 2. The van der Waals surface area contributed by atoms with Crippen LogP contribution < -0.4 is 10.9 Å². The molecule has 1 aliphatic rings. The van der Waals surface area contributed by atoms with E-state index in [0.717, 1.165) is 31.2 Å². The number of amides is 1. The maximum atomic E-state index is 13.8. The molecule has 0 spiro atoms. The van der Waals surface area contributed by atoms with Gasteiger partial charge in [-0.2, -0.15) is 0 Å². The molecule has 5 nitrogen and oxygen atoms in total. The highest BCUT2D eigenvalue weighted by atomic mass is 19.1. The maximum absolute atomic E-state index is 13.8. The molecule has 1 aromatic carbocycles. The molecule has 0 bridgehead atoms. The average Bonchev–Trinajstić information content (AvgIpc) is 3.12. The van der Waals surface area contributed by atoms with Crippen molar-refractivity contribution in [2.45, 2.75) is 51.1 Å². The summed E-state index contributed by atoms with van der Waals surface area (Å²) in [7, 11) is 0. The highest BCUT2D eigenvalue weighted by molar-refractivity contribution is 5.80. The Bertz CT molecular complexity index is 1010. The number of carbonyl (C=O) groups excluding carboxylic acids is 1. The first-order chi connectivity index (χ1) is 12.6. The fourth-order valence-electron chi connectivity index (χ4n) is 3.91. The van der Waals surface area contributed by atoms with Crippen LogP contribution in [0.25, 0.3) is 16.6 Å². The second-order valence-electron chi connectivity index (χ2n) is 7.01. The number of hydrogen-bond donors (Lipinski definition) is 1. The fourth-order valence-corrected chi connectivity index (χ4v) is 3.91. The van der Waals surface area contributed by atoms with E-state index in [-0.39, 0.29) is 30.5 Å². The van der Waals surface area contributed by atoms with Crippen molar-refractivity contribution < 1.29 is 9.18 Å². The maximum Gasteiger partial charge on any atom is 0.275 e. The zero-order chi connectivity index (χ0) is 18.1. The second-order valence-corrected chi connectivity index (χ2v) is 7.01. The zero-order valence-corrected chi connectivity index (χ0v) is 14.6. The summed E-state index contributed by atoms with van der Waals surface area (Å²) in [6.45, 7) is 0.235. The molecule has 0 unspecified atom stereocenters. The lowest BCUT2D eigenvalue weighted by Crippen LogP contribution is -2.37. The molecule has 1 fully saturated rings. The van der Waals surface area contributed by atoms with Crippen molar-refractivity contribution in [3.05, 3.63) is 52.7 Å². The van der Waals surface area contributed by atoms with Crippen LogP contribution in [0.4, 0.5) is 4.39 Å². The molecule has 4 rings (SSSR count). The standard InChI is InChI=1S/C20H22FN3O2/c21-14-8-9-16-18(13-14)24(20(26)17-7-4-11-23(16)17)12-10-19(25)22-15-5-2-1-3-6-15/h4,7-9,11,13,15H,1-3,5-6,10,12H2,(H,22,25). The fraction of sp³-hybridized carbons (Fsp3) is 0.400. The van der Waals surface area contributed by atoms with E-state index in [0.29, 0.717) is 11.0 Å². The van der Waals surface area contributed by atoms with Gasteiger partial charge in [-0.3, -0.25) is 9.59 Å². The Morgan fingerprint density at radius 2 is 1.92 bits per heavy atom. The zero-order valence-electron chi connectivity index (χ0n) is 14.6. The summed E-state index contributed by atoms with van der Waals surface area (Å²) < 4.78 is 17.0. The number of fused-ring (bicyclic) bond motifs is 3. The Morgan fingerprint density at radius 3 is 2.73 bits per heavy atom. The molecule has 1 saturated carbocycles. The van der Waals surface area contributed by atoms with Crippen molar-refractivity contribution in [2.24, 2.45) is 0 Å². The minimum atomic E-state index is -0.399. The molecule has 6 heteroatoms. The van der Waals surface area contributed by atoms with Crippen LogP contribution in [-0.2, 0) is 11.3 Å². The highest BCUT2D eigenvalue weighted by Crippen LogP contribution is 2.19. The molecule has 0 radical (unpaired) electrons. The first-order valence-corrected chi connectivity index (χ1v) is 9.22. The van der Waals surface area contributed by atoms with Gasteiger partial charge in [-0.15, -0.1) is 0 Å². The summed E-state index contributed by atoms with van der Waals surface area (Å²) in [5.41, 5.74) is 1.57. The second kappa shape index (κ2) is 6.94. The van der Waals surface area contributed by atoms with Crippen LogP contribution in [0.5, 0.6) is 0 Å². The lowest BCUT2D eigenvalue weighted by atomic mass is 9.95. The predicted octanol–water partition coefficient (Wildman–Crippen LogP) is 3.23. The summed E-state index contributed by atoms with van der Waals surface area (Å²) in [6, 6.07) is 8.18. The summed E-state index contributed by atoms with van der Waals surface area (Å²) >= 11 is 0. The van der Waals surface area contributed by atoms with Gasteiger partial charge in [0.05, 0.1) is 11.0 Å². The Labute approximate surface area is 150 Å². The highest BCUT2D eigenvalue weighted by Gasteiger charge is 2.17. The van der Waals surface area contributed by atoms with E-state index in [1.165, 1.54) is 23.1 Å². The van der Waals surface area contributed by atoms with Crippen LogP contribution in [0.15, 0.2) is 41.3 Å². The lowest BCUT2D eigenvalue weighted by molar-refractivity contribution is -0.122. The molecule has 2 heterocycles. The van der Waals surface area contributed by atoms with E-state index in [1.54, 1.807) is 28.8 Å². The normalized spacial score (nSPS) is 15.6. The van der Waals surface area contributed by atoms with Crippen molar-refractivity contribution in [1.29, 1.82) is 0 Å². The smallest absolute Gasteiger partial charge is 0.275 e. The number of halogens is 1. The quantitative estimate of drug-likeness (QED) is 0.781. The molecule has 0 saturated heterocycles. The number of aromatic nitrogens is 2. The van der Waals surface area contributed by atoms with Gasteiger partial charge in [0.15, 0.2) is 0 Å². The molecule has 2 aromatic heterocycles. The summed E-state index contributed by atoms with van der Waals surface area (Å²) in [4.78, 5) is 25.1. The van der Waals surface area contributed by atoms with Gasteiger partial charge in [0.25, 0.3) is 5.56 Å². The van der Waals surface area contributed by atoms with Gasteiger partial charge in [0.1, 0.15) is 11.3 Å². The first-order valence-electron chi connectivity index (χ1n) is 9.22. The third-order valence-corrected chi connectivity index (χ3v) is 5.23. The van der Waals surface area contributed by atoms with Gasteiger partial charge in [0, 0.05) is 25.2 Å². The lowest BCUT2D eigenvalue weighted by Gasteiger charge is -2.23. The predicted molar refractivity (Wildman–Crippen MR) is 98.8 cm³/mol. The number of benzene rings is 1.